The second-order valence-corrected chi connectivity index (χ2v) is 19.9. The van der Waals surface area contributed by atoms with E-state index >= 15 is 0 Å². The van der Waals surface area contributed by atoms with Crippen molar-refractivity contribution in [3.63, 3.8) is 0 Å². The lowest BCUT2D eigenvalue weighted by molar-refractivity contribution is 0.669. The summed E-state index contributed by atoms with van der Waals surface area (Å²) in [5.74, 6) is 0. The van der Waals surface area contributed by atoms with Gasteiger partial charge >= 0.3 is 0 Å². The Kier molecular flexibility index (Phi) is 12.2. The van der Waals surface area contributed by atoms with E-state index in [1.54, 1.807) is 0 Å². The van der Waals surface area contributed by atoms with E-state index in [0.717, 1.165) is 139 Å². The van der Waals surface area contributed by atoms with Crippen LogP contribution in [0.5, 0.6) is 0 Å². The van der Waals surface area contributed by atoms with E-state index in [2.05, 4.69) is 261 Å². The maximum absolute atomic E-state index is 6.26. The third kappa shape index (κ3) is 9.18. The highest BCUT2D eigenvalue weighted by atomic mass is 16.3. The highest BCUT2D eigenvalue weighted by molar-refractivity contribution is 6.06. The molecule has 4 aromatic heterocycles. The van der Waals surface area contributed by atoms with Crippen LogP contribution in [0.25, 0.3) is 145 Å². The Balaban J connectivity index is 0.945. The van der Waals surface area contributed by atoms with E-state index in [9.17, 15) is 0 Å². The van der Waals surface area contributed by atoms with Crippen molar-refractivity contribution >= 4 is 21.9 Å². The van der Waals surface area contributed by atoms with Crippen LogP contribution in [0.4, 0.5) is 0 Å². The van der Waals surface area contributed by atoms with Crippen LogP contribution in [0.3, 0.4) is 0 Å². The van der Waals surface area contributed by atoms with Crippen molar-refractivity contribution in [2.45, 2.75) is 0 Å². The van der Waals surface area contributed by atoms with Crippen LogP contribution < -0.4 is 0 Å². The Hall–Kier alpha value is -10.6. The summed E-state index contributed by atoms with van der Waals surface area (Å²) in [4.78, 5) is 15.3. The van der Waals surface area contributed by atoms with Crippen molar-refractivity contribution in [1.82, 2.24) is 15.0 Å². The molecule has 0 bridgehead atoms. The van der Waals surface area contributed by atoms with E-state index < -0.39 is 0 Å². The van der Waals surface area contributed by atoms with E-state index in [1.165, 1.54) is 5.56 Å². The Morgan fingerprint density at radius 2 is 0.582 bits per heavy atom. The standard InChI is InChI=1S/C75H49N3O/c1-4-18-50(19-5-1)51-32-34-52(35-33-51)68-46-73(55-38-41-75-69(45-55)67-30-16-17-31-74(67)79-75)78-49-70(68)66-29-15-14-28-65(66)60-43-58(63-26-12-10-24-61(63)56-36-39-71(76-47-56)53-20-6-2-7-21-53)42-59(44-60)64-27-13-11-25-62(64)57-37-40-72(77-48-57)54-22-8-3-9-23-54/h1-49H. The lowest BCUT2D eigenvalue weighted by Gasteiger charge is -2.19. The zero-order valence-electron chi connectivity index (χ0n) is 43.0. The first-order chi connectivity index (χ1) is 39.1. The van der Waals surface area contributed by atoms with Gasteiger partial charge in [0, 0.05) is 62.7 Å². The smallest absolute Gasteiger partial charge is 0.135 e. The number of benzene rings is 10. The molecule has 0 aliphatic rings. The van der Waals surface area contributed by atoms with Crippen molar-refractivity contribution in [3.8, 4) is 123 Å². The molecule has 14 aromatic rings. The van der Waals surface area contributed by atoms with E-state index in [1.807, 2.05) is 36.7 Å². The maximum atomic E-state index is 6.26. The van der Waals surface area contributed by atoms with Crippen LogP contribution >= 0.6 is 0 Å². The zero-order chi connectivity index (χ0) is 52.5. The lowest BCUT2D eigenvalue weighted by atomic mass is 9.85. The van der Waals surface area contributed by atoms with E-state index in [4.69, 9.17) is 19.4 Å². The minimum atomic E-state index is 0.856. The van der Waals surface area contributed by atoms with Crippen molar-refractivity contribution in [3.05, 3.63) is 298 Å². The predicted molar refractivity (Wildman–Crippen MR) is 327 cm³/mol. The molecule has 0 aliphatic heterocycles. The van der Waals surface area contributed by atoms with Gasteiger partial charge in [-0.25, -0.2) is 0 Å². The minimum Gasteiger partial charge on any atom is -0.456 e. The summed E-state index contributed by atoms with van der Waals surface area (Å²) >= 11 is 0. The first-order valence-electron chi connectivity index (χ1n) is 26.7. The molecule has 14 rings (SSSR count). The molecule has 0 aliphatic carbocycles. The molecule has 0 spiro atoms. The fourth-order valence-electron chi connectivity index (χ4n) is 11.1. The molecule has 370 valence electrons. The van der Waals surface area contributed by atoms with Gasteiger partial charge in [-0.1, -0.05) is 218 Å². The predicted octanol–water partition coefficient (Wildman–Crippen LogP) is 20.1. The van der Waals surface area contributed by atoms with Crippen LogP contribution in [0.15, 0.2) is 302 Å². The average molecular weight is 1010 g/mol. The van der Waals surface area contributed by atoms with Crippen molar-refractivity contribution in [1.29, 1.82) is 0 Å². The van der Waals surface area contributed by atoms with Gasteiger partial charge in [0.2, 0.25) is 0 Å². The van der Waals surface area contributed by atoms with E-state index in [0.29, 0.717) is 0 Å². The van der Waals surface area contributed by atoms with Gasteiger partial charge in [0.1, 0.15) is 11.2 Å². The first-order valence-corrected chi connectivity index (χ1v) is 26.7. The topological polar surface area (TPSA) is 51.8 Å². The van der Waals surface area contributed by atoms with Gasteiger partial charge in [0.15, 0.2) is 0 Å². The number of para-hydroxylation sites is 1. The number of hydrogen-bond donors (Lipinski definition) is 0. The molecular weight excluding hydrogens is 959 g/mol. The molecule has 4 nitrogen and oxygen atoms in total. The van der Waals surface area contributed by atoms with Crippen LogP contribution in [0.1, 0.15) is 0 Å². The summed E-state index contributed by atoms with van der Waals surface area (Å²) in [7, 11) is 0. The Morgan fingerprint density at radius 3 is 1.11 bits per heavy atom. The fourth-order valence-corrected chi connectivity index (χ4v) is 11.1. The van der Waals surface area contributed by atoms with Crippen LogP contribution in [-0.4, -0.2) is 15.0 Å². The minimum absolute atomic E-state index is 0.856. The molecule has 0 saturated heterocycles. The Labute approximate surface area is 459 Å². The average Bonchev–Trinajstić information content (AvgIpc) is 4.00. The van der Waals surface area contributed by atoms with Crippen LogP contribution in [0, 0.1) is 0 Å². The molecule has 0 amide bonds. The van der Waals surface area contributed by atoms with Crippen molar-refractivity contribution in [2.75, 3.05) is 0 Å². The van der Waals surface area contributed by atoms with Crippen LogP contribution in [-0.2, 0) is 0 Å². The molecule has 0 radical (unpaired) electrons. The van der Waals surface area contributed by atoms with Gasteiger partial charge in [0.25, 0.3) is 0 Å². The normalized spacial score (nSPS) is 11.3. The van der Waals surface area contributed by atoms with E-state index in [-0.39, 0.29) is 0 Å². The SMILES string of the molecule is c1ccc(-c2ccc(-c3cc(-c4ccc5oc6ccccc6c5c4)ncc3-c3ccccc3-c3cc(-c4ccccc4-c4ccc(-c5ccccc5)nc4)cc(-c4ccccc4-c4ccc(-c5ccccc5)nc4)c3)cc2)cc1. The first kappa shape index (κ1) is 46.9. The quantitative estimate of drug-likeness (QED) is 0.130. The summed E-state index contributed by atoms with van der Waals surface area (Å²) in [5, 5.41) is 2.15. The number of fused-ring (bicyclic) bond motifs is 3. The molecule has 0 saturated carbocycles. The third-order valence-corrected chi connectivity index (χ3v) is 15.1. The second kappa shape index (κ2) is 20.5. The Bertz CT molecular complexity index is 4350. The van der Waals surface area contributed by atoms with Crippen LogP contribution in [0.2, 0.25) is 0 Å². The molecule has 4 heterocycles. The summed E-state index contributed by atoms with van der Waals surface area (Å²) in [6.45, 7) is 0. The van der Waals surface area contributed by atoms with Gasteiger partial charge in [-0.2, -0.15) is 0 Å². The second-order valence-electron chi connectivity index (χ2n) is 19.9. The van der Waals surface area contributed by atoms with Crippen molar-refractivity contribution < 1.29 is 4.42 Å². The number of furan rings is 1. The Morgan fingerprint density at radius 1 is 0.190 bits per heavy atom. The molecule has 0 N–H and O–H groups in total. The molecule has 10 aromatic carbocycles. The molecular formula is C75H49N3O. The highest BCUT2D eigenvalue weighted by Gasteiger charge is 2.20. The van der Waals surface area contributed by atoms with Gasteiger partial charge in [0.05, 0.1) is 17.1 Å². The third-order valence-electron chi connectivity index (χ3n) is 15.1. The van der Waals surface area contributed by atoms with Crippen molar-refractivity contribution in [2.24, 2.45) is 0 Å². The maximum Gasteiger partial charge on any atom is 0.135 e. The fraction of sp³-hybridized carbons (Fsp3) is 0. The lowest BCUT2D eigenvalue weighted by Crippen LogP contribution is -1.95. The molecule has 0 atom stereocenters. The molecule has 0 fully saturated rings. The number of hydrogen-bond acceptors (Lipinski definition) is 4. The number of rotatable bonds is 11. The monoisotopic (exact) mass is 1010 g/mol. The molecule has 79 heavy (non-hydrogen) atoms. The number of aromatic nitrogens is 3. The summed E-state index contributed by atoms with van der Waals surface area (Å²) in [6, 6.07) is 98.9. The molecule has 4 heteroatoms. The molecule has 0 unspecified atom stereocenters. The number of nitrogens with zero attached hydrogens (tertiary/aromatic N) is 3. The van der Waals surface area contributed by atoms with Gasteiger partial charge in [-0.3, -0.25) is 15.0 Å². The number of pyridine rings is 3. The van der Waals surface area contributed by atoms with Gasteiger partial charge in [-0.15, -0.1) is 0 Å². The van der Waals surface area contributed by atoms with Gasteiger partial charge in [-0.05, 0) is 133 Å². The summed E-state index contributed by atoms with van der Waals surface area (Å²) in [5.41, 5.74) is 25.1. The zero-order valence-corrected chi connectivity index (χ0v) is 43.0. The van der Waals surface area contributed by atoms with Gasteiger partial charge < -0.3 is 4.42 Å². The largest absolute Gasteiger partial charge is 0.456 e. The summed E-state index contributed by atoms with van der Waals surface area (Å²) < 4.78 is 6.26. The summed E-state index contributed by atoms with van der Waals surface area (Å²) in [6.07, 6.45) is 6.07. The highest BCUT2D eigenvalue weighted by Crippen LogP contribution is 2.45.